The van der Waals surface area contributed by atoms with Crippen molar-refractivity contribution in [2.24, 2.45) is 0 Å². The SMILES string of the molecule is CC1CN(S(=O)(=O)N2CCN(Cc3ccc(Cl)cc3Cl)CC2)CC(C)O1. The van der Waals surface area contributed by atoms with Crippen molar-refractivity contribution < 1.29 is 13.2 Å². The van der Waals surface area contributed by atoms with Gasteiger partial charge in [-0.1, -0.05) is 29.3 Å². The second kappa shape index (κ2) is 8.31. The lowest BCUT2D eigenvalue weighted by molar-refractivity contribution is -0.0457. The first-order valence-electron chi connectivity index (χ1n) is 8.82. The highest BCUT2D eigenvalue weighted by Crippen LogP contribution is 2.24. The molecule has 0 spiro atoms. The summed E-state index contributed by atoms with van der Waals surface area (Å²) in [5.74, 6) is 0. The zero-order valence-corrected chi connectivity index (χ0v) is 17.4. The standard InChI is InChI=1S/C17H25Cl2N3O3S/c1-13-10-22(11-14(2)25-13)26(23,24)21-7-5-20(6-8-21)12-15-3-4-16(18)9-17(15)19/h3-4,9,13-14H,5-8,10-12H2,1-2H3. The van der Waals surface area contributed by atoms with Crippen molar-refractivity contribution in [1.82, 2.24) is 13.5 Å². The van der Waals surface area contributed by atoms with Crippen LogP contribution in [-0.4, -0.2) is 73.4 Å². The van der Waals surface area contributed by atoms with Crippen LogP contribution in [-0.2, 0) is 21.5 Å². The Labute approximate surface area is 165 Å². The molecule has 3 rings (SSSR count). The number of halogens is 2. The number of hydrogen-bond donors (Lipinski definition) is 0. The number of ether oxygens (including phenoxy) is 1. The Morgan fingerprint density at radius 3 is 2.23 bits per heavy atom. The van der Waals surface area contributed by atoms with Gasteiger partial charge in [-0.15, -0.1) is 0 Å². The second-order valence-electron chi connectivity index (χ2n) is 6.99. The molecular formula is C17H25Cl2N3O3S. The third kappa shape index (κ3) is 4.70. The highest BCUT2D eigenvalue weighted by atomic mass is 35.5. The van der Waals surface area contributed by atoms with Crippen molar-refractivity contribution in [1.29, 1.82) is 0 Å². The van der Waals surface area contributed by atoms with E-state index < -0.39 is 10.2 Å². The van der Waals surface area contributed by atoms with E-state index in [1.165, 1.54) is 0 Å². The quantitative estimate of drug-likeness (QED) is 0.748. The number of piperazine rings is 1. The van der Waals surface area contributed by atoms with Crippen LogP contribution in [0.5, 0.6) is 0 Å². The van der Waals surface area contributed by atoms with E-state index in [1.807, 2.05) is 26.0 Å². The Hall–Kier alpha value is -0.410. The first kappa shape index (κ1) is 20.3. The minimum atomic E-state index is -3.44. The van der Waals surface area contributed by atoms with Gasteiger partial charge in [-0.05, 0) is 31.5 Å². The van der Waals surface area contributed by atoms with Crippen LogP contribution in [0.2, 0.25) is 10.0 Å². The van der Waals surface area contributed by atoms with Gasteiger partial charge >= 0.3 is 0 Å². The van der Waals surface area contributed by atoms with Crippen LogP contribution in [0.25, 0.3) is 0 Å². The molecule has 0 aliphatic carbocycles. The zero-order chi connectivity index (χ0) is 18.9. The molecule has 9 heteroatoms. The van der Waals surface area contributed by atoms with E-state index in [-0.39, 0.29) is 12.2 Å². The minimum Gasteiger partial charge on any atom is -0.373 e. The Morgan fingerprint density at radius 1 is 1.04 bits per heavy atom. The van der Waals surface area contributed by atoms with Crippen LogP contribution in [0, 0.1) is 0 Å². The number of nitrogens with zero attached hydrogens (tertiary/aromatic N) is 3. The van der Waals surface area contributed by atoms with E-state index in [1.54, 1.807) is 14.7 Å². The van der Waals surface area contributed by atoms with Crippen LogP contribution in [0.3, 0.4) is 0 Å². The smallest absolute Gasteiger partial charge is 0.282 e. The lowest BCUT2D eigenvalue weighted by Gasteiger charge is -2.40. The maximum atomic E-state index is 12.9. The first-order chi connectivity index (χ1) is 12.3. The molecule has 2 aliphatic rings. The lowest BCUT2D eigenvalue weighted by atomic mass is 10.2. The van der Waals surface area contributed by atoms with Gasteiger partial charge < -0.3 is 4.74 Å². The Balaban J connectivity index is 1.59. The molecule has 2 saturated heterocycles. The average Bonchev–Trinajstić information content (AvgIpc) is 2.57. The topological polar surface area (TPSA) is 53.1 Å². The molecule has 0 N–H and O–H groups in total. The molecule has 0 bridgehead atoms. The van der Waals surface area contributed by atoms with Crippen LogP contribution in [0.1, 0.15) is 19.4 Å². The fourth-order valence-electron chi connectivity index (χ4n) is 3.49. The molecule has 0 radical (unpaired) electrons. The van der Waals surface area contributed by atoms with Gasteiger partial charge in [-0.3, -0.25) is 4.90 Å². The van der Waals surface area contributed by atoms with Gasteiger partial charge in [0.05, 0.1) is 12.2 Å². The highest BCUT2D eigenvalue weighted by Gasteiger charge is 2.36. The number of benzene rings is 1. The monoisotopic (exact) mass is 421 g/mol. The number of morpholine rings is 1. The molecule has 0 saturated carbocycles. The summed E-state index contributed by atoms with van der Waals surface area (Å²) in [6.45, 7) is 7.64. The summed E-state index contributed by atoms with van der Waals surface area (Å²) in [6.07, 6.45) is -0.163. The molecule has 2 fully saturated rings. The van der Waals surface area contributed by atoms with Gasteiger partial charge in [0, 0.05) is 55.9 Å². The van der Waals surface area contributed by atoms with E-state index in [0.29, 0.717) is 55.9 Å². The summed E-state index contributed by atoms with van der Waals surface area (Å²) in [7, 11) is -3.44. The fraction of sp³-hybridized carbons (Fsp3) is 0.647. The second-order valence-corrected chi connectivity index (χ2v) is 9.77. The highest BCUT2D eigenvalue weighted by molar-refractivity contribution is 7.86. The van der Waals surface area contributed by atoms with Gasteiger partial charge in [0.25, 0.3) is 10.2 Å². The third-order valence-electron chi connectivity index (χ3n) is 4.78. The van der Waals surface area contributed by atoms with E-state index in [0.717, 1.165) is 5.56 Å². The predicted molar refractivity (Wildman–Crippen MR) is 104 cm³/mol. The van der Waals surface area contributed by atoms with Gasteiger partial charge in [0.15, 0.2) is 0 Å². The number of rotatable bonds is 4. The predicted octanol–water partition coefficient (Wildman–Crippen LogP) is 2.47. The average molecular weight is 422 g/mol. The van der Waals surface area contributed by atoms with E-state index in [2.05, 4.69) is 4.90 Å². The van der Waals surface area contributed by atoms with Crippen molar-refractivity contribution in [3.63, 3.8) is 0 Å². The first-order valence-corrected chi connectivity index (χ1v) is 11.0. The molecule has 2 heterocycles. The van der Waals surface area contributed by atoms with Crippen LogP contribution in [0.4, 0.5) is 0 Å². The van der Waals surface area contributed by atoms with Crippen LogP contribution < -0.4 is 0 Å². The summed E-state index contributed by atoms with van der Waals surface area (Å²) in [5.41, 5.74) is 1.00. The van der Waals surface area contributed by atoms with Gasteiger partial charge in [0.2, 0.25) is 0 Å². The molecule has 1 aromatic rings. The normalized spacial score (nSPS) is 26.9. The molecular weight excluding hydrogens is 397 g/mol. The van der Waals surface area contributed by atoms with Crippen molar-refractivity contribution in [2.75, 3.05) is 39.3 Å². The van der Waals surface area contributed by atoms with Gasteiger partial charge in [0.1, 0.15) is 0 Å². The van der Waals surface area contributed by atoms with Gasteiger partial charge in [-0.25, -0.2) is 0 Å². The van der Waals surface area contributed by atoms with Crippen molar-refractivity contribution in [2.45, 2.75) is 32.6 Å². The van der Waals surface area contributed by atoms with Crippen molar-refractivity contribution in [3.8, 4) is 0 Å². The Morgan fingerprint density at radius 2 is 1.65 bits per heavy atom. The van der Waals surface area contributed by atoms with Gasteiger partial charge in [-0.2, -0.15) is 17.0 Å². The number of hydrogen-bond acceptors (Lipinski definition) is 4. The molecule has 0 aromatic heterocycles. The third-order valence-corrected chi connectivity index (χ3v) is 7.33. The zero-order valence-electron chi connectivity index (χ0n) is 15.1. The van der Waals surface area contributed by atoms with Crippen molar-refractivity contribution in [3.05, 3.63) is 33.8 Å². The summed E-state index contributed by atoms with van der Waals surface area (Å²) in [4.78, 5) is 2.21. The summed E-state index contributed by atoms with van der Waals surface area (Å²) in [6, 6.07) is 5.48. The minimum absolute atomic E-state index is 0.0816. The summed E-state index contributed by atoms with van der Waals surface area (Å²) < 4.78 is 34.6. The fourth-order valence-corrected chi connectivity index (χ4v) is 5.71. The van der Waals surface area contributed by atoms with E-state index in [4.69, 9.17) is 27.9 Å². The molecule has 0 amide bonds. The lowest BCUT2D eigenvalue weighted by Crippen LogP contribution is -2.57. The Kier molecular flexibility index (Phi) is 6.49. The maximum absolute atomic E-state index is 12.9. The molecule has 146 valence electrons. The van der Waals surface area contributed by atoms with Crippen LogP contribution in [0.15, 0.2) is 18.2 Å². The summed E-state index contributed by atoms with van der Waals surface area (Å²) in [5, 5.41) is 1.26. The van der Waals surface area contributed by atoms with E-state index in [9.17, 15) is 8.42 Å². The Bertz CT molecular complexity index is 729. The van der Waals surface area contributed by atoms with E-state index >= 15 is 0 Å². The molecule has 1 aromatic carbocycles. The molecule has 2 atom stereocenters. The maximum Gasteiger partial charge on any atom is 0.282 e. The largest absolute Gasteiger partial charge is 0.373 e. The molecule has 6 nitrogen and oxygen atoms in total. The van der Waals surface area contributed by atoms with Crippen molar-refractivity contribution >= 4 is 33.4 Å². The molecule has 26 heavy (non-hydrogen) atoms. The molecule has 2 unspecified atom stereocenters. The van der Waals surface area contributed by atoms with Crippen LogP contribution >= 0.6 is 23.2 Å². The molecule has 2 aliphatic heterocycles. The summed E-state index contributed by atoms with van der Waals surface area (Å²) >= 11 is 12.2.